The first kappa shape index (κ1) is 9.05. The minimum atomic E-state index is 0.748. The van der Waals surface area contributed by atoms with Crippen LogP contribution in [0.2, 0.25) is 0 Å². The molecule has 0 aromatic carbocycles. The van der Waals surface area contributed by atoms with E-state index in [9.17, 15) is 0 Å². The number of nitrogens with two attached hydrogens (primary N) is 1. The lowest BCUT2D eigenvalue weighted by molar-refractivity contribution is 0.159. The van der Waals surface area contributed by atoms with E-state index in [1.165, 1.54) is 25.7 Å². The monoisotopic (exact) mass is 155 g/mol. The molecule has 0 bridgehead atoms. The third-order valence-electron chi connectivity index (χ3n) is 3.05. The molecule has 1 rings (SSSR count). The molecule has 0 spiro atoms. The average molecular weight is 155 g/mol. The quantitative estimate of drug-likeness (QED) is 0.663. The lowest BCUT2D eigenvalue weighted by Crippen LogP contribution is -2.26. The fraction of sp³-hybridized carbons (Fsp3) is 1.00. The fourth-order valence-electron chi connectivity index (χ4n) is 2.06. The largest absolute Gasteiger partial charge is 0.330 e. The molecule has 11 heavy (non-hydrogen) atoms. The molecule has 0 radical (unpaired) electrons. The maximum atomic E-state index is 5.57. The summed E-state index contributed by atoms with van der Waals surface area (Å²) >= 11 is 0. The van der Waals surface area contributed by atoms with Crippen molar-refractivity contribution in [2.75, 3.05) is 6.54 Å². The smallest absolute Gasteiger partial charge is 0.00514 e. The summed E-state index contributed by atoms with van der Waals surface area (Å²) in [5, 5.41) is 0. The molecule has 0 amide bonds. The van der Waals surface area contributed by atoms with E-state index in [-0.39, 0.29) is 0 Å². The van der Waals surface area contributed by atoms with Crippen LogP contribution in [-0.4, -0.2) is 6.54 Å². The molecule has 2 N–H and O–H groups in total. The van der Waals surface area contributed by atoms with Gasteiger partial charge in [-0.1, -0.05) is 20.3 Å². The number of hydrogen-bond donors (Lipinski definition) is 1. The van der Waals surface area contributed by atoms with Crippen LogP contribution in [0.25, 0.3) is 0 Å². The Labute approximate surface area is 70.4 Å². The van der Waals surface area contributed by atoms with Crippen molar-refractivity contribution in [3.63, 3.8) is 0 Å². The van der Waals surface area contributed by atoms with E-state index in [2.05, 4.69) is 13.8 Å². The van der Waals surface area contributed by atoms with Crippen molar-refractivity contribution in [1.29, 1.82) is 0 Å². The molecule has 1 unspecified atom stereocenters. The molecular formula is C10H21N. The van der Waals surface area contributed by atoms with Crippen molar-refractivity contribution in [2.24, 2.45) is 23.5 Å². The highest BCUT2D eigenvalue weighted by molar-refractivity contribution is 4.79. The average Bonchev–Trinajstić information content (AvgIpc) is 1.95. The van der Waals surface area contributed by atoms with Gasteiger partial charge in [0.1, 0.15) is 0 Å². The highest BCUT2D eigenvalue weighted by atomic mass is 14.5. The normalized spacial score (nSPS) is 33.0. The first-order chi connectivity index (χ1) is 5.26. The third-order valence-corrected chi connectivity index (χ3v) is 3.05. The first-order valence-electron chi connectivity index (χ1n) is 4.96. The first-order valence-corrected chi connectivity index (χ1v) is 4.96. The summed E-state index contributed by atoms with van der Waals surface area (Å²) in [7, 11) is 0. The van der Waals surface area contributed by atoms with Gasteiger partial charge < -0.3 is 5.73 Å². The van der Waals surface area contributed by atoms with Crippen LogP contribution in [0, 0.1) is 17.8 Å². The van der Waals surface area contributed by atoms with Gasteiger partial charge in [-0.2, -0.15) is 0 Å². The Morgan fingerprint density at radius 2 is 2.00 bits per heavy atom. The zero-order valence-corrected chi connectivity index (χ0v) is 7.84. The molecule has 1 nitrogen and oxygen atoms in total. The van der Waals surface area contributed by atoms with Crippen molar-refractivity contribution in [3.8, 4) is 0 Å². The summed E-state index contributed by atoms with van der Waals surface area (Å²) in [5.74, 6) is 2.81. The lowest BCUT2D eigenvalue weighted by Gasteiger charge is -2.36. The van der Waals surface area contributed by atoms with E-state index in [1.54, 1.807) is 0 Å². The SMILES string of the molecule is CCC1CC(CC(C)CN)C1. The summed E-state index contributed by atoms with van der Waals surface area (Å²) in [5.41, 5.74) is 5.57. The summed E-state index contributed by atoms with van der Waals surface area (Å²) < 4.78 is 0. The van der Waals surface area contributed by atoms with Crippen LogP contribution in [0.4, 0.5) is 0 Å². The van der Waals surface area contributed by atoms with Gasteiger partial charge in [0.05, 0.1) is 0 Å². The second-order valence-corrected chi connectivity index (χ2v) is 4.19. The minimum absolute atomic E-state index is 0.748. The van der Waals surface area contributed by atoms with Crippen LogP contribution in [-0.2, 0) is 0 Å². The van der Waals surface area contributed by atoms with Crippen molar-refractivity contribution in [3.05, 3.63) is 0 Å². The molecule has 1 fully saturated rings. The molecule has 1 aliphatic rings. The zero-order valence-electron chi connectivity index (χ0n) is 7.84. The Kier molecular flexibility index (Phi) is 3.38. The Morgan fingerprint density at radius 1 is 1.36 bits per heavy atom. The molecule has 0 aromatic rings. The van der Waals surface area contributed by atoms with E-state index in [1.807, 2.05) is 0 Å². The van der Waals surface area contributed by atoms with Gasteiger partial charge in [0.2, 0.25) is 0 Å². The predicted octanol–water partition coefficient (Wildman–Crippen LogP) is 2.41. The molecule has 66 valence electrons. The van der Waals surface area contributed by atoms with Gasteiger partial charge in [-0.05, 0) is 43.6 Å². The Bertz CT molecular complexity index is 105. The van der Waals surface area contributed by atoms with E-state index in [0.717, 1.165) is 24.3 Å². The van der Waals surface area contributed by atoms with E-state index < -0.39 is 0 Å². The third kappa shape index (κ3) is 2.48. The van der Waals surface area contributed by atoms with Gasteiger partial charge >= 0.3 is 0 Å². The summed E-state index contributed by atoms with van der Waals surface area (Å²) in [6.45, 7) is 5.43. The lowest BCUT2D eigenvalue weighted by atomic mass is 9.70. The Morgan fingerprint density at radius 3 is 2.45 bits per heavy atom. The van der Waals surface area contributed by atoms with Crippen molar-refractivity contribution < 1.29 is 0 Å². The molecule has 0 heterocycles. The molecule has 1 heteroatoms. The molecule has 1 saturated carbocycles. The molecule has 1 atom stereocenters. The zero-order chi connectivity index (χ0) is 8.27. The number of rotatable bonds is 4. The van der Waals surface area contributed by atoms with Gasteiger partial charge in [0, 0.05) is 0 Å². The van der Waals surface area contributed by atoms with Crippen LogP contribution in [0.1, 0.15) is 39.5 Å². The van der Waals surface area contributed by atoms with Gasteiger partial charge in [-0.15, -0.1) is 0 Å². The minimum Gasteiger partial charge on any atom is -0.330 e. The van der Waals surface area contributed by atoms with Crippen molar-refractivity contribution in [1.82, 2.24) is 0 Å². The Balaban J connectivity index is 2.04. The topological polar surface area (TPSA) is 26.0 Å². The van der Waals surface area contributed by atoms with Crippen LogP contribution in [0.5, 0.6) is 0 Å². The number of hydrogen-bond acceptors (Lipinski definition) is 1. The highest BCUT2D eigenvalue weighted by Crippen LogP contribution is 2.39. The molecule has 1 aliphatic carbocycles. The summed E-state index contributed by atoms with van der Waals surface area (Å²) in [6, 6.07) is 0. The Hall–Kier alpha value is -0.0400. The maximum absolute atomic E-state index is 5.57. The molecular weight excluding hydrogens is 134 g/mol. The molecule has 0 aliphatic heterocycles. The van der Waals surface area contributed by atoms with Gasteiger partial charge in [-0.3, -0.25) is 0 Å². The van der Waals surface area contributed by atoms with Crippen LogP contribution < -0.4 is 5.73 Å². The van der Waals surface area contributed by atoms with E-state index >= 15 is 0 Å². The van der Waals surface area contributed by atoms with Crippen LogP contribution >= 0.6 is 0 Å². The molecule has 0 aromatic heterocycles. The summed E-state index contributed by atoms with van der Waals surface area (Å²) in [4.78, 5) is 0. The molecule has 0 saturated heterocycles. The van der Waals surface area contributed by atoms with Crippen LogP contribution in [0.3, 0.4) is 0 Å². The van der Waals surface area contributed by atoms with Crippen molar-refractivity contribution in [2.45, 2.75) is 39.5 Å². The van der Waals surface area contributed by atoms with Gasteiger partial charge in [0.15, 0.2) is 0 Å². The van der Waals surface area contributed by atoms with E-state index in [0.29, 0.717) is 0 Å². The van der Waals surface area contributed by atoms with Gasteiger partial charge in [0.25, 0.3) is 0 Å². The second-order valence-electron chi connectivity index (χ2n) is 4.19. The second kappa shape index (κ2) is 4.10. The van der Waals surface area contributed by atoms with Crippen molar-refractivity contribution >= 4 is 0 Å². The van der Waals surface area contributed by atoms with Crippen LogP contribution in [0.15, 0.2) is 0 Å². The fourth-order valence-corrected chi connectivity index (χ4v) is 2.06. The standard InChI is InChI=1S/C10H21N/c1-3-9-5-10(6-9)4-8(2)7-11/h8-10H,3-7,11H2,1-2H3. The maximum Gasteiger partial charge on any atom is -0.00514 e. The predicted molar refractivity (Wildman–Crippen MR) is 49.3 cm³/mol. The van der Waals surface area contributed by atoms with Gasteiger partial charge in [-0.25, -0.2) is 0 Å². The van der Waals surface area contributed by atoms with E-state index in [4.69, 9.17) is 5.73 Å². The summed E-state index contributed by atoms with van der Waals surface area (Å²) in [6.07, 6.45) is 5.70. The highest BCUT2D eigenvalue weighted by Gasteiger charge is 2.27.